The van der Waals surface area contributed by atoms with Gasteiger partial charge in [0.1, 0.15) is 0 Å². The van der Waals surface area contributed by atoms with Crippen molar-refractivity contribution in [2.45, 2.75) is 45.6 Å². The minimum absolute atomic E-state index is 0.0841. The summed E-state index contributed by atoms with van der Waals surface area (Å²) in [7, 11) is 0. The second kappa shape index (κ2) is 6.14. The van der Waals surface area contributed by atoms with Crippen LogP contribution >= 0.6 is 11.6 Å². The molecule has 1 fully saturated rings. The predicted molar refractivity (Wildman–Crippen MR) is 82.5 cm³/mol. The molecule has 0 N–H and O–H groups in total. The smallest absolute Gasteiger partial charge is 0.210 e. The van der Waals surface area contributed by atoms with Crippen molar-refractivity contribution in [1.82, 2.24) is 9.88 Å². The number of rotatable bonds is 7. The molecule has 0 saturated heterocycles. The molecule has 0 atom stereocenters. The van der Waals surface area contributed by atoms with Gasteiger partial charge in [-0.25, -0.2) is 0 Å². The Labute approximate surface area is 130 Å². The number of carbonyl (C=O) groups is 2. The Morgan fingerprint density at radius 3 is 2.62 bits per heavy atom. The van der Waals surface area contributed by atoms with Crippen LogP contribution in [-0.2, 0) is 4.79 Å². The van der Waals surface area contributed by atoms with Crippen molar-refractivity contribution in [3.05, 3.63) is 28.5 Å². The zero-order valence-electron chi connectivity index (χ0n) is 12.7. The van der Waals surface area contributed by atoms with Gasteiger partial charge in [0, 0.05) is 23.5 Å². The highest BCUT2D eigenvalue weighted by molar-refractivity contribution is 6.34. The number of nitrogens with zero attached hydrogens (tertiary/aromatic N) is 2. The molecular weight excluding hydrogens is 288 g/mol. The van der Waals surface area contributed by atoms with Gasteiger partial charge in [-0.05, 0) is 37.7 Å². The van der Waals surface area contributed by atoms with Gasteiger partial charge in [-0.15, -0.1) is 0 Å². The summed E-state index contributed by atoms with van der Waals surface area (Å²) >= 11 is 6.08. The summed E-state index contributed by atoms with van der Waals surface area (Å²) in [4.78, 5) is 29.6. The summed E-state index contributed by atoms with van der Waals surface area (Å²) in [5.41, 5.74) is 1.09. The van der Waals surface area contributed by atoms with E-state index in [1.807, 2.05) is 0 Å². The van der Waals surface area contributed by atoms with E-state index in [0.29, 0.717) is 16.5 Å². The van der Waals surface area contributed by atoms with Crippen molar-refractivity contribution in [3.8, 4) is 0 Å². The molecule has 1 aromatic heterocycles. The van der Waals surface area contributed by atoms with Gasteiger partial charge in [-0.1, -0.05) is 25.4 Å². The van der Waals surface area contributed by atoms with E-state index < -0.39 is 0 Å². The van der Waals surface area contributed by atoms with Crippen LogP contribution in [0.25, 0.3) is 0 Å². The van der Waals surface area contributed by atoms with Crippen LogP contribution in [0.15, 0.2) is 12.4 Å². The van der Waals surface area contributed by atoms with Gasteiger partial charge >= 0.3 is 0 Å². The maximum absolute atomic E-state index is 12.5. The number of Topliss-reactive ketones (excluding diaryl/α,β-unsaturated/α-hetero) is 1. The number of hydrogen-bond donors (Lipinski definition) is 0. The van der Waals surface area contributed by atoms with Gasteiger partial charge < -0.3 is 4.90 Å². The molecular formula is C16H21ClN2O2. The molecule has 114 valence electrons. The number of amides is 1. The molecule has 0 bridgehead atoms. The largest absolute Gasteiger partial charge is 0.332 e. The molecule has 4 nitrogen and oxygen atoms in total. The van der Waals surface area contributed by atoms with E-state index >= 15 is 0 Å². The monoisotopic (exact) mass is 308 g/mol. The number of pyridine rings is 1. The van der Waals surface area contributed by atoms with Crippen LogP contribution in [0.4, 0.5) is 0 Å². The highest BCUT2D eigenvalue weighted by atomic mass is 35.5. The van der Waals surface area contributed by atoms with E-state index in [9.17, 15) is 9.59 Å². The third kappa shape index (κ3) is 3.43. The lowest BCUT2D eigenvalue weighted by Gasteiger charge is -2.29. The minimum atomic E-state index is -0.126. The van der Waals surface area contributed by atoms with Crippen LogP contribution in [0.2, 0.25) is 5.02 Å². The molecule has 2 rings (SSSR count). The van der Waals surface area contributed by atoms with Crippen molar-refractivity contribution >= 4 is 23.8 Å². The number of carbonyl (C=O) groups excluding carboxylic acids is 2. The standard InChI is InChI=1S/C16H21ClN2O2/c1-11(2)6-16(4-5-16)19(10-20)9-14(21)15-12(3)7-18-8-13(15)17/h7-8,10-11H,4-6,9H2,1-3H3. The van der Waals surface area contributed by atoms with Crippen LogP contribution in [0.5, 0.6) is 0 Å². The van der Waals surface area contributed by atoms with E-state index in [1.54, 1.807) is 18.0 Å². The number of halogens is 1. The lowest BCUT2D eigenvalue weighted by molar-refractivity contribution is -0.120. The topological polar surface area (TPSA) is 50.3 Å². The van der Waals surface area contributed by atoms with E-state index in [4.69, 9.17) is 11.6 Å². The zero-order chi connectivity index (χ0) is 15.6. The first-order valence-corrected chi connectivity index (χ1v) is 7.63. The summed E-state index contributed by atoms with van der Waals surface area (Å²) in [5.74, 6) is 0.373. The molecule has 0 aliphatic heterocycles. The van der Waals surface area contributed by atoms with Crippen LogP contribution in [0, 0.1) is 12.8 Å². The number of aryl methyl sites for hydroxylation is 1. The fourth-order valence-electron chi connectivity index (χ4n) is 2.95. The molecule has 1 aliphatic rings. The van der Waals surface area contributed by atoms with E-state index in [1.165, 1.54) is 6.20 Å². The maximum Gasteiger partial charge on any atom is 0.210 e. The molecule has 1 heterocycles. The highest BCUT2D eigenvalue weighted by Gasteiger charge is 2.48. The van der Waals surface area contributed by atoms with E-state index in [-0.39, 0.29) is 17.9 Å². The second-order valence-electron chi connectivity index (χ2n) is 6.29. The first-order valence-electron chi connectivity index (χ1n) is 7.25. The fourth-order valence-corrected chi connectivity index (χ4v) is 3.26. The summed E-state index contributed by atoms with van der Waals surface area (Å²) in [5, 5.41) is 0.347. The maximum atomic E-state index is 12.5. The van der Waals surface area contributed by atoms with Crippen molar-refractivity contribution < 1.29 is 9.59 Å². The molecule has 21 heavy (non-hydrogen) atoms. The van der Waals surface area contributed by atoms with E-state index in [2.05, 4.69) is 18.8 Å². The molecule has 0 unspecified atom stereocenters. The van der Waals surface area contributed by atoms with Crippen molar-refractivity contribution in [1.29, 1.82) is 0 Å². The Balaban J connectivity index is 2.16. The SMILES string of the molecule is Cc1cncc(Cl)c1C(=O)CN(C=O)C1(CC(C)C)CC1. The average molecular weight is 309 g/mol. The summed E-state index contributed by atoms with van der Waals surface area (Å²) in [6, 6.07) is 0. The van der Waals surface area contributed by atoms with Crippen LogP contribution in [0.3, 0.4) is 0 Å². The molecule has 1 amide bonds. The van der Waals surface area contributed by atoms with Crippen molar-refractivity contribution in [2.24, 2.45) is 5.92 Å². The lowest BCUT2D eigenvalue weighted by atomic mass is 9.99. The Bertz CT molecular complexity index is 533. The number of aromatic nitrogens is 1. The molecule has 1 aromatic rings. The predicted octanol–water partition coefficient (Wildman–Crippen LogP) is 3.26. The Kier molecular flexibility index (Phi) is 4.67. The van der Waals surface area contributed by atoms with Crippen LogP contribution < -0.4 is 0 Å². The first-order chi connectivity index (χ1) is 9.89. The van der Waals surface area contributed by atoms with Crippen molar-refractivity contribution in [2.75, 3.05) is 6.54 Å². The Morgan fingerprint density at radius 1 is 1.48 bits per heavy atom. The Morgan fingerprint density at radius 2 is 2.14 bits per heavy atom. The third-order valence-electron chi connectivity index (χ3n) is 4.03. The quantitative estimate of drug-likeness (QED) is 0.574. The van der Waals surface area contributed by atoms with Gasteiger partial charge in [0.15, 0.2) is 5.78 Å². The van der Waals surface area contributed by atoms with Gasteiger partial charge in [0.25, 0.3) is 0 Å². The molecule has 0 spiro atoms. The van der Waals surface area contributed by atoms with Gasteiger partial charge in [0.2, 0.25) is 6.41 Å². The third-order valence-corrected chi connectivity index (χ3v) is 4.32. The molecule has 1 saturated carbocycles. The van der Waals surface area contributed by atoms with E-state index in [0.717, 1.165) is 31.2 Å². The zero-order valence-corrected chi connectivity index (χ0v) is 13.5. The summed E-state index contributed by atoms with van der Waals surface area (Å²) in [6.45, 7) is 6.16. The first kappa shape index (κ1) is 16.0. The molecule has 1 aliphatic carbocycles. The minimum Gasteiger partial charge on any atom is -0.332 e. The summed E-state index contributed by atoms with van der Waals surface area (Å²) < 4.78 is 0. The normalized spacial score (nSPS) is 15.9. The van der Waals surface area contributed by atoms with Crippen molar-refractivity contribution in [3.63, 3.8) is 0 Å². The van der Waals surface area contributed by atoms with Gasteiger partial charge in [-0.3, -0.25) is 14.6 Å². The number of hydrogen-bond acceptors (Lipinski definition) is 3. The summed E-state index contributed by atoms with van der Waals surface area (Å²) in [6.07, 6.45) is 6.76. The van der Waals surface area contributed by atoms with Gasteiger partial charge in [-0.2, -0.15) is 0 Å². The van der Waals surface area contributed by atoms with Gasteiger partial charge in [0.05, 0.1) is 11.6 Å². The second-order valence-corrected chi connectivity index (χ2v) is 6.70. The number of ketones is 1. The molecule has 0 radical (unpaired) electrons. The molecule has 0 aromatic carbocycles. The van der Waals surface area contributed by atoms with Crippen LogP contribution in [-0.4, -0.2) is 34.2 Å². The Hall–Kier alpha value is -1.42. The average Bonchev–Trinajstić information content (AvgIpc) is 3.15. The fraction of sp³-hybridized carbons (Fsp3) is 0.562. The lowest BCUT2D eigenvalue weighted by Crippen LogP contribution is -2.41. The molecule has 5 heteroatoms. The highest BCUT2D eigenvalue weighted by Crippen LogP contribution is 2.46. The van der Waals surface area contributed by atoms with Crippen LogP contribution in [0.1, 0.15) is 49.0 Å².